The van der Waals surface area contributed by atoms with Crippen molar-refractivity contribution in [1.82, 2.24) is 14.7 Å². The maximum absolute atomic E-state index is 14.0. The van der Waals surface area contributed by atoms with Crippen LogP contribution in [0.25, 0.3) is 21.9 Å². The fourth-order valence-corrected chi connectivity index (χ4v) is 6.62. The second kappa shape index (κ2) is 12.8. The molecule has 42 heavy (non-hydrogen) atoms. The van der Waals surface area contributed by atoms with E-state index in [0.29, 0.717) is 39.1 Å². The minimum absolute atomic E-state index is 0.0193. The molecule has 4 aromatic rings. The number of hydrogen-bond donors (Lipinski definition) is 1. The van der Waals surface area contributed by atoms with Gasteiger partial charge < -0.3 is 20.4 Å². The number of carbonyl (C=O) groups is 2. The second-order valence-corrected chi connectivity index (χ2v) is 11.6. The molecule has 6 rings (SSSR count). The summed E-state index contributed by atoms with van der Waals surface area (Å²) in [6, 6.07) is 33.2. The molecule has 2 N–H and O–H groups in total. The lowest BCUT2D eigenvalue weighted by Crippen LogP contribution is -2.49. The van der Waals surface area contributed by atoms with E-state index >= 15 is 0 Å². The van der Waals surface area contributed by atoms with Crippen LogP contribution in [0.4, 0.5) is 4.79 Å². The first-order valence-electron chi connectivity index (χ1n) is 15.3. The SMILES string of the molecule is NCCCC[C@@H]1C(=O)N(CCc2cccc3ccccc23)CC[C@H]2CN(Cc3ccc(-c4ccccc4)cc3)C(=O)N21. The molecule has 2 heterocycles. The highest BCUT2D eigenvalue weighted by molar-refractivity contribution is 5.89. The van der Waals surface area contributed by atoms with Crippen molar-refractivity contribution in [3.05, 3.63) is 108 Å². The molecule has 3 amide bonds. The third kappa shape index (κ3) is 5.90. The third-order valence-electron chi connectivity index (χ3n) is 8.88. The number of benzene rings is 4. The highest BCUT2D eigenvalue weighted by Crippen LogP contribution is 2.30. The smallest absolute Gasteiger partial charge is 0.321 e. The summed E-state index contributed by atoms with van der Waals surface area (Å²) in [7, 11) is 0. The normalized spacial score (nSPS) is 18.9. The van der Waals surface area contributed by atoms with Crippen molar-refractivity contribution in [3.63, 3.8) is 0 Å². The molecule has 2 aliphatic heterocycles. The molecule has 2 saturated heterocycles. The molecule has 4 aromatic carbocycles. The lowest BCUT2D eigenvalue weighted by atomic mass is 10.0. The van der Waals surface area contributed by atoms with Gasteiger partial charge in [0.1, 0.15) is 6.04 Å². The molecule has 6 nitrogen and oxygen atoms in total. The van der Waals surface area contributed by atoms with Crippen molar-refractivity contribution in [2.24, 2.45) is 5.73 Å². The zero-order chi connectivity index (χ0) is 28.9. The Kier molecular flexibility index (Phi) is 8.52. The van der Waals surface area contributed by atoms with Gasteiger partial charge in [-0.15, -0.1) is 0 Å². The first-order valence-corrected chi connectivity index (χ1v) is 15.3. The van der Waals surface area contributed by atoms with E-state index < -0.39 is 6.04 Å². The Morgan fingerprint density at radius 2 is 1.50 bits per heavy atom. The summed E-state index contributed by atoms with van der Waals surface area (Å²) in [5, 5.41) is 2.46. The van der Waals surface area contributed by atoms with Gasteiger partial charge in [-0.1, -0.05) is 97.1 Å². The molecule has 216 valence electrons. The maximum Gasteiger partial charge on any atom is 0.321 e. The number of amides is 3. The topological polar surface area (TPSA) is 69.9 Å². The van der Waals surface area contributed by atoms with Gasteiger partial charge in [-0.3, -0.25) is 4.79 Å². The summed E-state index contributed by atoms with van der Waals surface area (Å²) in [6.45, 7) is 3.12. The quantitative estimate of drug-likeness (QED) is 0.239. The van der Waals surface area contributed by atoms with Crippen LogP contribution in [0.2, 0.25) is 0 Å². The zero-order valence-corrected chi connectivity index (χ0v) is 24.2. The fraction of sp³-hybridized carbons (Fsp3) is 0.333. The van der Waals surface area contributed by atoms with Crippen LogP contribution in [0, 0.1) is 0 Å². The minimum Gasteiger partial charge on any atom is -0.340 e. The number of urea groups is 1. The molecule has 0 aliphatic carbocycles. The van der Waals surface area contributed by atoms with Gasteiger partial charge in [0.15, 0.2) is 0 Å². The van der Waals surface area contributed by atoms with Gasteiger partial charge in [0.2, 0.25) is 5.91 Å². The Labute approximate surface area is 248 Å². The van der Waals surface area contributed by atoms with Crippen LogP contribution in [0.3, 0.4) is 0 Å². The predicted molar refractivity (Wildman–Crippen MR) is 169 cm³/mol. The number of nitrogens with zero attached hydrogens (tertiary/aromatic N) is 3. The van der Waals surface area contributed by atoms with Crippen molar-refractivity contribution >= 4 is 22.7 Å². The summed E-state index contributed by atoms with van der Waals surface area (Å²) in [5.41, 5.74) is 10.5. The second-order valence-electron chi connectivity index (χ2n) is 11.6. The number of rotatable bonds is 10. The highest BCUT2D eigenvalue weighted by Gasteiger charge is 2.46. The van der Waals surface area contributed by atoms with E-state index in [0.717, 1.165) is 36.8 Å². The molecule has 0 radical (unpaired) electrons. The van der Waals surface area contributed by atoms with Crippen molar-refractivity contribution in [2.45, 2.75) is 50.7 Å². The Morgan fingerprint density at radius 1 is 0.762 bits per heavy atom. The monoisotopic (exact) mass is 560 g/mol. The molecule has 2 aliphatic rings. The number of fused-ring (bicyclic) bond motifs is 2. The van der Waals surface area contributed by atoms with E-state index in [9.17, 15) is 9.59 Å². The summed E-state index contributed by atoms with van der Waals surface area (Å²) >= 11 is 0. The fourth-order valence-electron chi connectivity index (χ4n) is 6.62. The van der Waals surface area contributed by atoms with Crippen LogP contribution in [0.15, 0.2) is 97.1 Å². The molecule has 0 unspecified atom stereocenters. The van der Waals surface area contributed by atoms with Crippen molar-refractivity contribution < 1.29 is 9.59 Å². The predicted octanol–water partition coefficient (Wildman–Crippen LogP) is 6.09. The molecule has 0 spiro atoms. The van der Waals surface area contributed by atoms with E-state index in [1.54, 1.807) is 0 Å². The molecule has 2 atom stereocenters. The molecule has 6 heteroatoms. The van der Waals surface area contributed by atoms with Gasteiger partial charge >= 0.3 is 6.03 Å². The standard InChI is InChI=1S/C36H40N4O2/c37-22-7-6-15-34-35(41)38(23-20-31-13-8-12-30-11-4-5-14-33(30)31)24-21-32-26-39(36(42)40(32)34)25-27-16-18-29(19-17-27)28-9-2-1-3-10-28/h1-5,8-14,16-19,32,34H,6-7,15,20-26,37H2/t32-,34+/m0/s1. The molecule has 0 saturated carbocycles. The Balaban J connectivity index is 1.16. The summed E-state index contributed by atoms with van der Waals surface area (Å²) < 4.78 is 0. The maximum atomic E-state index is 14.0. The van der Waals surface area contributed by atoms with E-state index in [4.69, 9.17) is 5.73 Å². The van der Waals surface area contributed by atoms with Gasteiger partial charge in [0.25, 0.3) is 0 Å². The van der Waals surface area contributed by atoms with Gasteiger partial charge in [0.05, 0.1) is 6.04 Å². The lowest BCUT2D eigenvalue weighted by molar-refractivity contribution is -0.135. The van der Waals surface area contributed by atoms with Crippen LogP contribution in [-0.2, 0) is 17.8 Å². The van der Waals surface area contributed by atoms with Crippen molar-refractivity contribution in [1.29, 1.82) is 0 Å². The van der Waals surface area contributed by atoms with Gasteiger partial charge in [-0.25, -0.2) is 4.79 Å². The number of unbranched alkanes of at least 4 members (excludes halogenated alkanes) is 1. The Hall–Kier alpha value is -4.16. The van der Waals surface area contributed by atoms with Gasteiger partial charge in [-0.05, 0) is 71.7 Å². The van der Waals surface area contributed by atoms with Crippen LogP contribution in [-0.4, -0.2) is 64.9 Å². The molecular weight excluding hydrogens is 520 g/mol. The van der Waals surface area contributed by atoms with Crippen LogP contribution in [0.5, 0.6) is 0 Å². The molecule has 0 bridgehead atoms. The first-order chi connectivity index (χ1) is 20.6. The summed E-state index contributed by atoms with van der Waals surface area (Å²) in [6.07, 6.45) is 3.93. The van der Waals surface area contributed by atoms with Gasteiger partial charge in [0, 0.05) is 26.2 Å². The number of hydrogen-bond acceptors (Lipinski definition) is 3. The average molecular weight is 561 g/mol. The van der Waals surface area contributed by atoms with Crippen LogP contribution >= 0.6 is 0 Å². The summed E-state index contributed by atoms with van der Waals surface area (Å²) in [4.78, 5) is 33.7. The van der Waals surface area contributed by atoms with E-state index in [-0.39, 0.29) is 18.0 Å². The molecule has 2 fully saturated rings. The lowest BCUT2D eigenvalue weighted by Gasteiger charge is -2.31. The average Bonchev–Trinajstić information content (AvgIpc) is 3.26. The van der Waals surface area contributed by atoms with Crippen LogP contribution in [0.1, 0.15) is 36.8 Å². The minimum atomic E-state index is -0.436. The number of carbonyl (C=O) groups excluding carboxylic acids is 2. The van der Waals surface area contributed by atoms with E-state index in [2.05, 4.69) is 78.9 Å². The molecular formula is C36H40N4O2. The Bertz CT molecular complexity index is 1520. The Morgan fingerprint density at radius 3 is 2.31 bits per heavy atom. The third-order valence-corrected chi connectivity index (χ3v) is 8.88. The summed E-state index contributed by atoms with van der Waals surface area (Å²) in [5.74, 6) is 0.0807. The van der Waals surface area contributed by atoms with Crippen molar-refractivity contribution in [2.75, 3.05) is 26.2 Å². The van der Waals surface area contributed by atoms with E-state index in [1.165, 1.54) is 21.9 Å². The highest BCUT2D eigenvalue weighted by atomic mass is 16.2. The zero-order valence-electron chi connectivity index (χ0n) is 24.2. The van der Waals surface area contributed by atoms with E-state index in [1.807, 2.05) is 32.9 Å². The van der Waals surface area contributed by atoms with Crippen LogP contribution < -0.4 is 5.73 Å². The first kappa shape index (κ1) is 28.0. The van der Waals surface area contributed by atoms with Crippen molar-refractivity contribution in [3.8, 4) is 11.1 Å². The molecule has 0 aromatic heterocycles. The largest absolute Gasteiger partial charge is 0.340 e. The number of nitrogens with two attached hydrogens (primary N) is 1. The van der Waals surface area contributed by atoms with Gasteiger partial charge in [-0.2, -0.15) is 0 Å².